The zero-order chi connectivity index (χ0) is 19.0. The Kier molecular flexibility index (Phi) is 6.95. The Labute approximate surface area is 157 Å². The van der Waals surface area contributed by atoms with Gasteiger partial charge in [0.1, 0.15) is 0 Å². The monoisotopic (exact) mass is 368 g/mol. The Balaban J connectivity index is 2.33. The fourth-order valence-corrected chi connectivity index (χ4v) is 7.98. The summed E-state index contributed by atoms with van der Waals surface area (Å²) in [5.41, 5.74) is 0. The van der Waals surface area contributed by atoms with Crippen LogP contribution in [0.4, 0.5) is 0 Å². The van der Waals surface area contributed by atoms with Crippen LogP contribution in [-0.2, 0) is 9.22 Å². The fourth-order valence-electron chi connectivity index (χ4n) is 3.37. The summed E-state index contributed by atoms with van der Waals surface area (Å²) in [6, 6.07) is 21.1. The van der Waals surface area contributed by atoms with Gasteiger partial charge in [0.15, 0.2) is 0 Å². The Morgan fingerprint density at radius 2 is 1.50 bits per heavy atom. The number of hydrogen-bond donors (Lipinski definition) is 1. The van der Waals surface area contributed by atoms with E-state index in [2.05, 4.69) is 69.3 Å². The lowest BCUT2D eigenvalue weighted by Crippen LogP contribution is -2.66. The number of carboxylic acids is 1. The highest BCUT2D eigenvalue weighted by Crippen LogP contribution is 2.36. The molecule has 4 heteroatoms. The molecule has 0 aliphatic heterocycles. The van der Waals surface area contributed by atoms with Crippen LogP contribution < -0.4 is 10.4 Å². The topological polar surface area (TPSA) is 46.5 Å². The smallest absolute Gasteiger partial charge is 0.327 e. The number of carboxylic acid groups (broad SMARTS) is 1. The zero-order valence-electron chi connectivity index (χ0n) is 15.8. The summed E-state index contributed by atoms with van der Waals surface area (Å²) < 4.78 is 6.73. The molecule has 1 N–H and O–H groups in total. The molecule has 0 saturated carbocycles. The van der Waals surface area contributed by atoms with Crippen molar-refractivity contribution in [2.75, 3.05) is 6.61 Å². The molecule has 0 fully saturated rings. The first-order chi connectivity index (χ1) is 12.4. The second-order valence-corrected chi connectivity index (χ2v) is 11.7. The molecule has 0 aromatic heterocycles. The van der Waals surface area contributed by atoms with Gasteiger partial charge in [0.25, 0.3) is 8.32 Å². The van der Waals surface area contributed by atoms with Gasteiger partial charge < -0.3 is 9.53 Å². The third kappa shape index (κ3) is 4.71. The number of allylic oxidation sites excluding steroid dienone is 1. The van der Waals surface area contributed by atoms with E-state index in [1.54, 1.807) is 6.08 Å². The van der Waals surface area contributed by atoms with Crippen molar-refractivity contribution in [2.45, 2.75) is 38.7 Å². The predicted molar refractivity (Wildman–Crippen MR) is 110 cm³/mol. The van der Waals surface area contributed by atoms with Crippen LogP contribution in [0.2, 0.25) is 5.04 Å². The molecule has 0 saturated heterocycles. The van der Waals surface area contributed by atoms with Crippen molar-refractivity contribution in [3.63, 3.8) is 0 Å². The third-order valence-corrected chi connectivity index (χ3v) is 9.55. The number of hydrogen-bond acceptors (Lipinski definition) is 2. The van der Waals surface area contributed by atoms with E-state index in [-0.39, 0.29) is 5.04 Å². The molecule has 0 aliphatic rings. The van der Waals surface area contributed by atoms with Crippen LogP contribution in [0.1, 0.15) is 33.6 Å². The molecular formula is C22H28O3Si. The lowest BCUT2D eigenvalue weighted by molar-refractivity contribution is -0.131. The van der Waals surface area contributed by atoms with Crippen molar-refractivity contribution >= 4 is 24.7 Å². The highest BCUT2D eigenvalue weighted by Gasteiger charge is 2.49. The van der Waals surface area contributed by atoms with E-state index >= 15 is 0 Å². The molecular weight excluding hydrogens is 340 g/mol. The molecule has 3 nitrogen and oxygen atoms in total. The molecule has 138 valence electrons. The second-order valence-electron chi connectivity index (χ2n) is 7.39. The molecule has 0 atom stereocenters. The Morgan fingerprint density at radius 1 is 1.00 bits per heavy atom. The van der Waals surface area contributed by atoms with Crippen LogP contribution in [0.25, 0.3) is 0 Å². The Bertz CT molecular complexity index is 679. The van der Waals surface area contributed by atoms with Crippen molar-refractivity contribution < 1.29 is 14.3 Å². The average molecular weight is 369 g/mol. The van der Waals surface area contributed by atoms with Gasteiger partial charge in [-0.05, 0) is 28.3 Å². The number of aliphatic carboxylic acids is 1. The number of carbonyl (C=O) groups is 1. The highest BCUT2D eigenvalue weighted by atomic mass is 28.4. The largest absolute Gasteiger partial charge is 0.478 e. The molecule has 2 aromatic rings. The second kappa shape index (κ2) is 8.97. The molecule has 2 rings (SSSR count). The van der Waals surface area contributed by atoms with Crippen LogP contribution in [0.5, 0.6) is 0 Å². The Morgan fingerprint density at radius 3 is 1.92 bits per heavy atom. The average Bonchev–Trinajstić information content (AvgIpc) is 2.61. The number of rotatable bonds is 8. The Hall–Kier alpha value is -2.17. The summed E-state index contributed by atoms with van der Waals surface area (Å²) in [5, 5.41) is 11.2. The van der Waals surface area contributed by atoms with Crippen molar-refractivity contribution in [3.8, 4) is 0 Å². The summed E-state index contributed by atoms with van der Waals surface area (Å²) in [5.74, 6) is -0.905. The summed E-state index contributed by atoms with van der Waals surface area (Å²) in [7, 11) is -2.47. The van der Waals surface area contributed by atoms with Crippen molar-refractivity contribution in [3.05, 3.63) is 72.8 Å². The van der Waals surface area contributed by atoms with Crippen molar-refractivity contribution in [2.24, 2.45) is 0 Å². The summed E-state index contributed by atoms with van der Waals surface area (Å²) in [6.07, 6.45) is 4.39. The van der Waals surface area contributed by atoms with E-state index in [1.165, 1.54) is 16.4 Å². The molecule has 0 unspecified atom stereocenters. The van der Waals surface area contributed by atoms with Gasteiger partial charge >= 0.3 is 5.97 Å². The molecule has 0 bridgehead atoms. The minimum absolute atomic E-state index is 0.0351. The van der Waals surface area contributed by atoms with Gasteiger partial charge in [-0.3, -0.25) is 0 Å². The molecule has 0 heterocycles. The minimum Gasteiger partial charge on any atom is -0.478 e. The normalized spacial score (nSPS) is 12.4. The first kappa shape index (κ1) is 20.1. The first-order valence-electron chi connectivity index (χ1n) is 9.02. The highest BCUT2D eigenvalue weighted by molar-refractivity contribution is 6.99. The SMILES string of the molecule is CC(C)(C)[Si](OCCC/C=C/C(=O)O)(c1ccccc1)c1ccccc1. The van der Waals surface area contributed by atoms with Crippen LogP contribution >= 0.6 is 0 Å². The van der Waals surface area contributed by atoms with Gasteiger partial charge in [-0.2, -0.15) is 0 Å². The fraction of sp³-hybridized carbons (Fsp3) is 0.318. The lowest BCUT2D eigenvalue weighted by Gasteiger charge is -2.43. The quantitative estimate of drug-likeness (QED) is 0.435. The molecule has 26 heavy (non-hydrogen) atoms. The van der Waals surface area contributed by atoms with Crippen molar-refractivity contribution in [1.29, 1.82) is 0 Å². The van der Waals surface area contributed by atoms with E-state index < -0.39 is 14.3 Å². The minimum atomic E-state index is -2.47. The van der Waals surface area contributed by atoms with Gasteiger partial charge in [0.05, 0.1) is 0 Å². The van der Waals surface area contributed by atoms with Crippen molar-refractivity contribution in [1.82, 2.24) is 0 Å². The zero-order valence-corrected chi connectivity index (χ0v) is 16.8. The van der Waals surface area contributed by atoms with Crippen LogP contribution in [-0.4, -0.2) is 26.0 Å². The molecule has 2 aromatic carbocycles. The first-order valence-corrected chi connectivity index (χ1v) is 10.9. The van der Waals surface area contributed by atoms with Gasteiger partial charge in [0, 0.05) is 12.7 Å². The molecule has 0 amide bonds. The van der Waals surface area contributed by atoms with Crippen LogP contribution in [0.15, 0.2) is 72.8 Å². The standard InChI is InChI=1S/C22H28O3Si/c1-22(2,3)26(19-13-7-4-8-14-19,20-15-9-5-10-16-20)25-18-12-6-11-17-21(23)24/h4-5,7-11,13-17H,6,12,18H2,1-3H3,(H,23,24)/b17-11+. The molecule has 0 aliphatic carbocycles. The maximum Gasteiger partial charge on any atom is 0.327 e. The van der Waals surface area contributed by atoms with E-state index in [1.807, 2.05) is 12.1 Å². The van der Waals surface area contributed by atoms with Gasteiger partial charge in [0.2, 0.25) is 0 Å². The lowest BCUT2D eigenvalue weighted by atomic mass is 10.2. The van der Waals surface area contributed by atoms with Gasteiger partial charge in [-0.25, -0.2) is 4.79 Å². The maximum absolute atomic E-state index is 10.6. The molecule has 0 radical (unpaired) electrons. The predicted octanol–water partition coefficient (Wildman–Crippen LogP) is 3.98. The van der Waals surface area contributed by atoms with E-state index in [0.717, 1.165) is 6.42 Å². The maximum atomic E-state index is 10.6. The van der Waals surface area contributed by atoms with Crippen LogP contribution in [0, 0.1) is 0 Å². The van der Waals surface area contributed by atoms with E-state index in [0.29, 0.717) is 13.0 Å². The summed E-state index contributed by atoms with van der Waals surface area (Å²) in [4.78, 5) is 10.6. The summed E-state index contributed by atoms with van der Waals surface area (Å²) in [6.45, 7) is 7.37. The van der Waals surface area contributed by atoms with Gasteiger partial charge in [-0.15, -0.1) is 0 Å². The van der Waals surface area contributed by atoms with E-state index in [4.69, 9.17) is 9.53 Å². The summed E-state index contributed by atoms with van der Waals surface area (Å²) >= 11 is 0. The number of benzene rings is 2. The van der Waals surface area contributed by atoms with Gasteiger partial charge in [-0.1, -0.05) is 87.5 Å². The molecule has 0 spiro atoms. The number of unbranched alkanes of at least 4 members (excludes halogenated alkanes) is 1. The van der Waals surface area contributed by atoms with E-state index in [9.17, 15) is 4.79 Å². The van der Waals surface area contributed by atoms with Crippen LogP contribution in [0.3, 0.4) is 0 Å². The third-order valence-electron chi connectivity index (χ3n) is 4.51.